The number of nitrogens with zero attached hydrogens (tertiary/aromatic N) is 3. The molecule has 3 aromatic rings. The second kappa shape index (κ2) is 7.04. The smallest absolute Gasteiger partial charge is 0.191 e. The molecule has 2 atom stereocenters. The maximum Gasteiger partial charge on any atom is 0.191 e. The average molecular weight is 350 g/mol. The van der Waals surface area contributed by atoms with E-state index in [-0.39, 0.29) is 0 Å². The molecule has 0 N–H and O–H groups in total. The van der Waals surface area contributed by atoms with Gasteiger partial charge in [-0.1, -0.05) is 71.9 Å². The summed E-state index contributed by atoms with van der Waals surface area (Å²) < 4.78 is 2.30. The van der Waals surface area contributed by atoms with E-state index < -0.39 is 0 Å². The molecule has 4 heteroatoms. The van der Waals surface area contributed by atoms with Crippen LogP contribution in [0.25, 0.3) is 0 Å². The van der Waals surface area contributed by atoms with Crippen molar-refractivity contribution in [2.45, 2.75) is 49.6 Å². The molecular formula is C21H23N3S. The molecule has 2 aromatic carbocycles. The molecule has 1 aliphatic rings. The zero-order valence-electron chi connectivity index (χ0n) is 14.7. The minimum Gasteiger partial charge on any atom is -0.306 e. The van der Waals surface area contributed by atoms with Crippen LogP contribution in [-0.2, 0) is 12.3 Å². The Bertz CT molecular complexity index is 857. The highest BCUT2D eigenvalue weighted by Crippen LogP contribution is 2.54. The Kier molecular flexibility index (Phi) is 4.62. The van der Waals surface area contributed by atoms with Crippen molar-refractivity contribution in [1.82, 2.24) is 14.8 Å². The number of hydrogen-bond acceptors (Lipinski definition) is 3. The summed E-state index contributed by atoms with van der Waals surface area (Å²) >= 11 is 1.79. The van der Waals surface area contributed by atoms with Gasteiger partial charge < -0.3 is 4.57 Å². The van der Waals surface area contributed by atoms with E-state index in [1.54, 1.807) is 11.8 Å². The Morgan fingerprint density at radius 1 is 1.04 bits per heavy atom. The lowest BCUT2D eigenvalue weighted by atomic mass is 10.1. The SMILES string of the molecule is CCn1c(SCc2cccc(C)c2)nnc1C1CC1c1ccccc1. The van der Waals surface area contributed by atoms with Crippen molar-refractivity contribution >= 4 is 11.8 Å². The summed E-state index contributed by atoms with van der Waals surface area (Å²) in [7, 11) is 0. The van der Waals surface area contributed by atoms with Gasteiger partial charge in [-0.05, 0) is 37.3 Å². The Morgan fingerprint density at radius 2 is 1.88 bits per heavy atom. The maximum atomic E-state index is 4.55. The zero-order chi connectivity index (χ0) is 17.2. The third-order valence-electron chi connectivity index (χ3n) is 4.86. The summed E-state index contributed by atoms with van der Waals surface area (Å²) in [5, 5.41) is 10.1. The topological polar surface area (TPSA) is 30.7 Å². The van der Waals surface area contributed by atoms with E-state index in [9.17, 15) is 0 Å². The standard InChI is InChI=1S/C21H23N3S/c1-3-24-20(19-13-18(19)17-10-5-4-6-11-17)22-23-21(24)25-14-16-9-7-8-15(2)12-16/h4-12,18-19H,3,13-14H2,1-2H3. The second-order valence-corrected chi connectivity index (χ2v) is 7.66. The van der Waals surface area contributed by atoms with Crippen LogP contribution < -0.4 is 0 Å². The van der Waals surface area contributed by atoms with Crippen molar-refractivity contribution in [1.29, 1.82) is 0 Å². The monoisotopic (exact) mass is 349 g/mol. The molecule has 0 spiro atoms. The molecule has 0 amide bonds. The average Bonchev–Trinajstić information content (AvgIpc) is 3.33. The van der Waals surface area contributed by atoms with Crippen molar-refractivity contribution in [2.75, 3.05) is 0 Å². The summed E-state index contributed by atoms with van der Waals surface area (Å²) in [6.45, 7) is 5.25. The van der Waals surface area contributed by atoms with Gasteiger partial charge in [0.15, 0.2) is 5.16 Å². The number of thioether (sulfide) groups is 1. The number of aromatic nitrogens is 3. The van der Waals surface area contributed by atoms with Gasteiger partial charge in [-0.15, -0.1) is 10.2 Å². The van der Waals surface area contributed by atoms with Crippen LogP contribution in [0.4, 0.5) is 0 Å². The lowest BCUT2D eigenvalue weighted by Crippen LogP contribution is -2.03. The van der Waals surface area contributed by atoms with Crippen LogP contribution in [-0.4, -0.2) is 14.8 Å². The molecule has 1 heterocycles. The first-order valence-electron chi connectivity index (χ1n) is 8.92. The predicted octanol–water partition coefficient (Wildman–Crippen LogP) is 5.17. The van der Waals surface area contributed by atoms with E-state index in [0.717, 1.165) is 23.3 Å². The van der Waals surface area contributed by atoms with E-state index in [2.05, 4.69) is 83.2 Å². The molecule has 0 aliphatic heterocycles. The molecule has 1 aromatic heterocycles. The molecule has 0 radical (unpaired) electrons. The molecule has 2 unspecified atom stereocenters. The number of rotatable bonds is 6. The fourth-order valence-electron chi connectivity index (χ4n) is 3.48. The Balaban J connectivity index is 1.48. The molecule has 25 heavy (non-hydrogen) atoms. The van der Waals surface area contributed by atoms with E-state index in [1.807, 2.05) is 0 Å². The van der Waals surface area contributed by atoms with Crippen LogP contribution in [0.3, 0.4) is 0 Å². The Labute approximate surface area is 153 Å². The third-order valence-corrected chi connectivity index (χ3v) is 5.90. The predicted molar refractivity (Wildman–Crippen MR) is 103 cm³/mol. The summed E-state index contributed by atoms with van der Waals surface area (Å²) in [6.07, 6.45) is 1.19. The number of hydrogen-bond donors (Lipinski definition) is 0. The van der Waals surface area contributed by atoms with Gasteiger partial charge in [-0.25, -0.2) is 0 Å². The molecule has 4 rings (SSSR count). The molecular weight excluding hydrogens is 326 g/mol. The highest BCUT2D eigenvalue weighted by molar-refractivity contribution is 7.98. The van der Waals surface area contributed by atoms with Crippen LogP contribution in [0.2, 0.25) is 0 Å². The van der Waals surface area contributed by atoms with E-state index in [0.29, 0.717) is 11.8 Å². The Hall–Kier alpha value is -2.07. The highest BCUT2D eigenvalue weighted by Gasteiger charge is 2.43. The van der Waals surface area contributed by atoms with Crippen molar-refractivity contribution in [3.8, 4) is 0 Å². The van der Waals surface area contributed by atoms with Crippen LogP contribution in [0.15, 0.2) is 59.8 Å². The van der Waals surface area contributed by atoms with Crippen LogP contribution in [0, 0.1) is 6.92 Å². The normalized spacial score (nSPS) is 19.1. The second-order valence-electron chi connectivity index (χ2n) is 6.72. The van der Waals surface area contributed by atoms with Gasteiger partial charge in [0.1, 0.15) is 5.82 Å². The lowest BCUT2D eigenvalue weighted by molar-refractivity contribution is 0.640. The van der Waals surface area contributed by atoms with Gasteiger partial charge in [-0.3, -0.25) is 0 Å². The highest BCUT2D eigenvalue weighted by atomic mass is 32.2. The van der Waals surface area contributed by atoms with Gasteiger partial charge in [0.05, 0.1) is 0 Å². The molecule has 1 saturated carbocycles. The van der Waals surface area contributed by atoms with Gasteiger partial charge in [0, 0.05) is 18.2 Å². The first-order valence-corrected chi connectivity index (χ1v) is 9.91. The summed E-state index contributed by atoms with van der Waals surface area (Å²) in [4.78, 5) is 0. The first kappa shape index (κ1) is 16.4. The van der Waals surface area contributed by atoms with Gasteiger partial charge in [-0.2, -0.15) is 0 Å². The quantitative estimate of drug-likeness (QED) is 0.575. The molecule has 1 fully saturated rings. The largest absolute Gasteiger partial charge is 0.306 e. The minimum atomic E-state index is 0.517. The maximum absolute atomic E-state index is 4.55. The van der Waals surface area contributed by atoms with E-state index in [1.165, 1.54) is 23.1 Å². The summed E-state index contributed by atoms with van der Waals surface area (Å²) in [5.74, 6) is 3.21. The van der Waals surface area contributed by atoms with E-state index in [4.69, 9.17) is 0 Å². The molecule has 0 saturated heterocycles. The fourth-order valence-corrected chi connectivity index (χ4v) is 4.43. The molecule has 128 valence electrons. The Morgan fingerprint density at radius 3 is 2.64 bits per heavy atom. The first-order chi connectivity index (χ1) is 12.3. The molecule has 3 nitrogen and oxygen atoms in total. The van der Waals surface area contributed by atoms with Crippen molar-refractivity contribution in [2.24, 2.45) is 0 Å². The van der Waals surface area contributed by atoms with Crippen LogP contribution in [0.1, 0.15) is 47.7 Å². The van der Waals surface area contributed by atoms with Crippen LogP contribution >= 0.6 is 11.8 Å². The minimum absolute atomic E-state index is 0.517. The third kappa shape index (κ3) is 3.49. The molecule has 0 bridgehead atoms. The van der Waals surface area contributed by atoms with E-state index >= 15 is 0 Å². The lowest BCUT2D eigenvalue weighted by Gasteiger charge is -2.07. The van der Waals surface area contributed by atoms with Gasteiger partial charge in [0.25, 0.3) is 0 Å². The zero-order valence-corrected chi connectivity index (χ0v) is 15.5. The van der Waals surface area contributed by atoms with Crippen molar-refractivity contribution in [3.63, 3.8) is 0 Å². The summed E-state index contributed by atoms with van der Waals surface area (Å²) in [5.41, 5.74) is 4.07. The van der Waals surface area contributed by atoms with Gasteiger partial charge >= 0.3 is 0 Å². The van der Waals surface area contributed by atoms with Crippen molar-refractivity contribution in [3.05, 3.63) is 77.1 Å². The van der Waals surface area contributed by atoms with Crippen LogP contribution in [0.5, 0.6) is 0 Å². The fraction of sp³-hybridized carbons (Fsp3) is 0.333. The number of benzene rings is 2. The van der Waals surface area contributed by atoms with Crippen molar-refractivity contribution < 1.29 is 0 Å². The summed E-state index contributed by atoms with van der Waals surface area (Å²) in [6, 6.07) is 19.5. The molecule has 1 aliphatic carbocycles. The van der Waals surface area contributed by atoms with Gasteiger partial charge in [0.2, 0.25) is 0 Å². The number of aryl methyl sites for hydroxylation is 1.